The molecule has 2 aromatic rings. The van der Waals surface area contributed by atoms with Gasteiger partial charge in [-0.15, -0.1) is 0 Å². The molecule has 0 bridgehead atoms. The van der Waals surface area contributed by atoms with Crippen molar-refractivity contribution in [2.75, 3.05) is 5.32 Å². The van der Waals surface area contributed by atoms with Crippen LogP contribution in [0.5, 0.6) is 5.75 Å². The van der Waals surface area contributed by atoms with E-state index in [-0.39, 0.29) is 16.9 Å². The average Bonchev–Trinajstić information content (AvgIpc) is 2.43. The lowest BCUT2D eigenvalue weighted by Gasteiger charge is -2.11. The van der Waals surface area contributed by atoms with Crippen molar-refractivity contribution in [1.82, 2.24) is 0 Å². The number of phenols is 1. The molecule has 5 heteroatoms. The highest BCUT2D eigenvalue weighted by Crippen LogP contribution is 2.24. The number of rotatable bonds is 3. The van der Waals surface area contributed by atoms with E-state index in [1.807, 2.05) is 0 Å². The number of benzene rings is 2. The fourth-order valence-electron chi connectivity index (χ4n) is 1.92. The van der Waals surface area contributed by atoms with E-state index >= 15 is 0 Å². The van der Waals surface area contributed by atoms with Crippen molar-refractivity contribution < 1.29 is 19.8 Å². The highest BCUT2D eigenvalue weighted by molar-refractivity contribution is 6.07. The number of carboxylic acid groups (broad SMARTS) is 1. The quantitative estimate of drug-likeness (QED) is 0.809. The lowest BCUT2D eigenvalue weighted by molar-refractivity contribution is 0.0696. The second-order valence-corrected chi connectivity index (χ2v) is 4.76. The van der Waals surface area contributed by atoms with Gasteiger partial charge in [0.15, 0.2) is 0 Å². The maximum Gasteiger partial charge on any atom is 0.335 e. The van der Waals surface area contributed by atoms with E-state index in [1.54, 1.807) is 32.0 Å². The number of carboxylic acids is 1. The summed E-state index contributed by atoms with van der Waals surface area (Å²) in [5.41, 5.74) is 1.97. The molecule has 108 valence electrons. The van der Waals surface area contributed by atoms with Crippen molar-refractivity contribution in [2.45, 2.75) is 13.8 Å². The molecule has 0 aromatic heterocycles. The van der Waals surface area contributed by atoms with Crippen LogP contribution in [-0.4, -0.2) is 22.1 Å². The Morgan fingerprint density at radius 1 is 1.05 bits per heavy atom. The lowest BCUT2D eigenvalue weighted by Crippen LogP contribution is -2.14. The molecular weight excluding hydrogens is 270 g/mol. The molecule has 0 heterocycles. The Morgan fingerprint density at radius 2 is 1.76 bits per heavy atom. The van der Waals surface area contributed by atoms with E-state index in [0.29, 0.717) is 11.3 Å². The summed E-state index contributed by atoms with van der Waals surface area (Å²) < 4.78 is 0. The lowest BCUT2D eigenvalue weighted by atomic mass is 10.1. The summed E-state index contributed by atoms with van der Waals surface area (Å²) in [4.78, 5) is 23.2. The molecule has 2 rings (SSSR count). The maximum absolute atomic E-state index is 12.2. The van der Waals surface area contributed by atoms with Gasteiger partial charge in [0.2, 0.25) is 0 Å². The first-order valence-corrected chi connectivity index (χ1v) is 6.34. The molecule has 5 nitrogen and oxygen atoms in total. The topological polar surface area (TPSA) is 86.6 Å². The van der Waals surface area contributed by atoms with Crippen LogP contribution < -0.4 is 5.32 Å². The summed E-state index contributed by atoms with van der Waals surface area (Å²) in [6.45, 7) is 3.46. The van der Waals surface area contributed by atoms with Crippen LogP contribution in [0.25, 0.3) is 0 Å². The van der Waals surface area contributed by atoms with Gasteiger partial charge in [-0.25, -0.2) is 4.79 Å². The van der Waals surface area contributed by atoms with E-state index < -0.39 is 11.9 Å². The van der Waals surface area contributed by atoms with Gasteiger partial charge in [-0.05, 0) is 43.2 Å². The van der Waals surface area contributed by atoms with Crippen molar-refractivity contribution in [2.24, 2.45) is 0 Å². The van der Waals surface area contributed by atoms with Gasteiger partial charge in [0.05, 0.1) is 11.1 Å². The molecule has 0 fully saturated rings. The molecule has 21 heavy (non-hydrogen) atoms. The Kier molecular flexibility index (Phi) is 3.93. The summed E-state index contributed by atoms with van der Waals surface area (Å²) in [7, 11) is 0. The van der Waals surface area contributed by atoms with Crippen molar-refractivity contribution >= 4 is 17.6 Å². The summed E-state index contributed by atoms with van der Waals surface area (Å²) in [5, 5.41) is 21.5. The third-order valence-electron chi connectivity index (χ3n) is 3.22. The van der Waals surface area contributed by atoms with Crippen LogP contribution in [0, 0.1) is 13.8 Å². The Labute approximate surface area is 121 Å². The molecule has 0 atom stereocenters. The van der Waals surface area contributed by atoms with Crippen LogP contribution in [-0.2, 0) is 0 Å². The van der Waals surface area contributed by atoms with Crippen LogP contribution in [0.2, 0.25) is 0 Å². The van der Waals surface area contributed by atoms with Crippen LogP contribution in [0.3, 0.4) is 0 Å². The van der Waals surface area contributed by atoms with Crippen molar-refractivity contribution in [3.8, 4) is 5.75 Å². The molecular formula is C16H15NO4. The van der Waals surface area contributed by atoms with Crippen LogP contribution >= 0.6 is 0 Å². The SMILES string of the molecule is Cc1ccc(C(=O)O)cc1NC(=O)c1cccc(C)c1O. The molecule has 0 aliphatic heterocycles. The smallest absolute Gasteiger partial charge is 0.335 e. The standard InChI is InChI=1S/C16H15NO4/c1-9-6-7-11(16(20)21)8-13(9)17-15(19)12-5-3-4-10(2)14(12)18/h3-8,18H,1-2H3,(H,17,19)(H,20,21). The van der Waals surface area contributed by atoms with Crippen LogP contribution in [0.1, 0.15) is 31.8 Å². The molecule has 0 aliphatic carbocycles. The Hall–Kier alpha value is -2.82. The predicted molar refractivity (Wildman–Crippen MR) is 78.9 cm³/mol. The van der Waals surface area contributed by atoms with Crippen LogP contribution in [0.4, 0.5) is 5.69 Å². The third kappa shape index (κ3) is 3.02. The zero-order valence-corrected chi connectivity index (χ0v) is 11.7. The largest absolute Gasteiger partial charge is 0.507 e. The Balaban J connectivity index is 2.33. The number of amides is 1. The van der Waals surface area contributed by atoms with E-state index in [0.717, 1.165) is 5.56 Å². The maximum atomic E-state index is 12.2. The van der Waals surface area contributed by atoms with Gasteiger partial charge in [-0.3, -0.25) is 4.79 Å². The average molecular weight is 285 g/mol. The minimum absolute atomic E-state index is 0.0814. The van der Waals surface area contributed by atoms with Crippen molar-refractivity contribution in [3.63, 3.8) is 0 Å². The number of anilines is 1. The van der Waals surface area contributed by atoms with Gasteiger partial charge < -0.3 is 15.5 Å². The number of para-hydroxylation sites is 1. The van der Waals surface area contributed by atoms with Crippen molar-refractivity contribution in [3.05, 3.63) is 58.7 Å². The van der Waals surface area contributed by atoms with Gasteiger partial charge >= 0.3 is 5.97 Å². The van der Waals surface area contributed by atoms with Gasteiger partial charge in [0.25, 0.3) is 5.91 Å². The minimum Gasteiger partial charge on any atom is -0.507 e. The second-order valence-electron chi connectivity index (χ2n) is 4.76. The van der Waals surface area contributed by atoms with Crippen molar-refractivity contribution in [1.29, 1.82) is 0 Å². The molecule has 3 N–H and O–H groups in total. The molecule has 0 aliphatic rings. The van der Waals surface area contributed by atoms with E-state index in [2.05, 4.69) is 5.32 Å². The molecule has 1 amide bonds. The minimum atomic E-state index is -1.07. The van der Waals surface area contributed by atoms with Gasteiger partial charge in [0.1, 0.15) is 5.75 Å². The number of hydrogen-bond acceptors (Lipinski definition) is 3. The molecule has 0 unspecified atom stereocenters. The normalized spacial score (nSPS) is 10.2. The van der Waals surface area contributed by atoms with Gasteiger partial charge in [0, 0.05) is 5.69 Å². The fourth-order valence-corrected chi connectivity index (χ4v) is 1.92. The predicted octanol–water partition coefficient (Wildman–Crippen LogP) is 2.96. The number of aryl methyl sites for hydroxylation is 2. The molecule has 0 radical (unpaired) electrons. The number of carbonyl (C=O) groups is 2. The first-order chi connectivity index (χ1) is 9.90. The number of nitrogens with one attached hydrogen (secondary N) is 1. The number of aromatic carboxylic acids is 1. The van der Waals surface area contributed by atoms with Gasteiger partial charge in [-0.2, -0.15) is 0 Å². The zero-order valence-electron chi connectivity index (χ0n) is 11.7. The fraction of sp³-hybridized carbons (Fsp3) is 0.125. The summed E-state index contributed by atoms with van der Waals surface area (Å²) in [6.07, 6.45) is 0. The Morgan fingerprint density at radius 3 is 2.43 bits per heavy atom. The number of phenolic OH excluding ortho intramolecular Hbond substituents is 1. The van der Waals surface area contributed by atoms with E-state index in [4.69, 9.17) is 5.11 Å². The molecule has 0 saturated carbocycles. The zero-order chi connectivity index (χ0) is 15.6. The number of hydrogen-bond donors (Lipinski definition) is 3. The first kappa shape index (κ1) is 14.6. The molecule has 0 spiro atoms. The summed E-state index contributed by atoms with van der Waals surface area (Å²) in [5.74, 6) is -1.63. The van der Waals surface area contributed by atoms with Crippen LogP contribution in [0.15, 0.2) is 36.4 Å². The number of aromatic hydroxyl groups is 1. The van der Waals surface area contributed by atoms with E-state index in [1.165, 1.54) is 18.2 Å². The van der Waals surface area contributed by atoms with E-state index in [9.17, 15) is 14.7 Å². The molecule has 2 aromatic carbocycles. The highest BCUT2D eigenvalue weighted by atomic mass is 16.4. The Bertz CT molecular complexity index is 722. The molecule has 0 saturated heterocycles. The third-order valence-corrected chi connectivity index (χ3v) is 3.22. The summed E-state index contributed by atoms with van der Waals surface area (Å²) >= 11 is 0. The highest BCUT2D eigenvalue weighted by Gasteiger charge is 2.14. The first-order valence-electron chi connectivity index (χ1n) is 6.34. The van der Waals surface area contributed by atoms with Gasteiger partial charge in [-0.1, -0.05) is 18.2 Å². The monoisotopic (exact) mass is 285 g/mol. The summed E-state index contributed by atoms with van der Waals surface area (Å²) in [6, 6.07) is 9.36. The number of carbonyl (C=O) groups excluding carboxylic acids is 1. The second kappa shape index (κ2) is 5.66.